The predicted octanol–water partition coefficient (Wildman–Crippen LogP) is 1.42. The number of nitrogens with two attached hydrogens (primary N) is 1. The summed E-state index contributed by atoms with van der Waals surface area (Å²) >= 11 is 0. The number of ether oxygens (including phenoxy) is 1. The molecule has 1 heterocycles. The lowest BCUT2D eigenvalue weighted by atomic mass is 10.1. The molecule has 0 aliphatic rings. The van der Waals surface area contributed by atoms with Crippen LogP contribution in [0.1, 0.15) is 16.9 Å². The maximum Gasteiger partial charge on any atom is 0.198 e. The highest BCUT2D eigenvalue weighted by Gasteiger charge is 2.20. The van der Waals surface area contributed by atoms with E-state index >= 15 is 0 Å². The van der Waals surface area contributed by atoms with Crippen LogP contribution in [0.5, 0.6) is 0 Å². The van der Waals surface area contributed by atoms with E-state index in [1.54, 1.807) is 24.1 Å². The lowest BCUT2D eigenvalue weighted by Gasteiger charge is -2.11. The van der Waals surface area contributed by atoms with Crippen molar-refractivity contribution in [2.75, 3.05) is 13.7 Å². The van der Waals surface area contributed by atoms with Gasteiger partial charge < -0.3 is 10.5 Å². The van der Waals surface area contributed by atoms with Crippen molar-refractivity contribution in [1.29, 1.82) is 0 Å². The first-order valence-electron chi connectivity index (χ1n) is 6.12. The van der Waals surface area contributed by atoms with Crippen LogP contribution in [0, 0.1) is 0 Å². The van der Waals surface area contributed by atoms with Crippen LogP contribution in [0.15, 0.2) is 42.6 Å². The van der Waals surface area contributed by atoms with Gasteiger partial charge in [0.15, 0.2) is 5.78 Å². The number of aromatic nitrogens is 2. The Morgan fingerprint density at radius 1 is 1.37 bits per heavy atom. The Morgan fingerprint density at radius 2 is 2.11 bits per heavy atom. The fraction of sp³-hybridized carbons (Fsp3) is 0.286. The van der Waals surface area contributed by atoms with Crippen molar-refractivity contribution in [3.05, 3.63) is 48.3 Å². The van der Waals surface area contributed by atoms with Crippen LogP contribution in [0.4, 0.5) is 0 Å². The molecule has 1 unspecified atom stereocenters. The van der Waals surface area contributed by atoms with Gasteiger partial charge in [0.25, 0.3) is 0 Å². The van der Waals surface area contributed by atoms with Crippen LogP contribution >= 0.6 is 0 Å². The summed E-state index contributed by atoms with van der Waals surface area (Å²) in [7, 11) is 1.59. The van der Waals surface area contributed by atoms with Gasteiger partial charge in [0.2, 0.25) is 0 Å². The quantitative estimate of drug-likeness (QED) is 0.796. The van der Waals surface area contributed by atoms with E-state index in [-0.39, 0.29) is 5.78 Å². The Hall–Kier alpha value is -1.98. The summed E-state index contributed by atoms with van der Waals surface area (Å²) in [4.78, 5) is 12.3. The Morgan fingerprint density at radius 3 is 2.79 bits per heavy atom. The molecule has 1 aromatic carbocycles. The van der Waals surface area contributed by atoms with E-state index in [2.05, 4.69) is 5.10 Å². The highest BCUT2D eigenvalue weighted by atomic mass is 16.5. The van der Waals surface area contributed by atoms with Gasteiger partial charge in [-0.2, -0.15) is 5.10 Å². The van der Waals surface area contributed by atoms with Crippen LogP contribution in [0.3, 0.4) is 0 Å². The molecule has 5 heteroatoms. The summed E-state index contributed by atoms with van der Waals surface area (Å²) in [5.74, 6) is -0.126. The topological polar surface area (TPSA) is 70.1 Å². The number of nitrogens with zero attached hydrogens (tertiary/aromatic N) is 2. The number of methoxy groups -OCH3 is 1. The van der Waals surface area contributed by atoms with Gasteiger partial charge in [0, 0.05) is 13.7 Å². The summed E-state index contributed by atoms with van der Waals surface area (Å²) in [6.07, 6.45) is 2.10. The Bertz CT molecular complexity index is 537. The second kappa shape index (κ2) is 6.26. The molecule has 2 aromatic rings. The first-order chi connectivity index (χ1) is 9.24. The Balaban J connectivity index is 2.22. The van der Waals surface area contributed by atoms with E-state index in [0.29, 0.717) is 18.7 Å². The standard InChI is InChI=1S/C14H17N3O2/c1-19-10-8-12(15)14(18)13-7-9-16-17(13)11-5-3-2-4-6-11/h2-7,9,12H,8,10,15H2,1H3. The minimum atomic E-state index is -0.570. The van der Waals surface area contributed by atoms with Gasteiger partial charge >= 0.3 is 0 Å². The second-order valence-corrected chi connectivity index (χ2v) is 4.22. The van der Waals surface area contributed by atoms with Crippen LogP contribution in [-0.4, -0.2) is 35.3 Å². The van der Waals surface area contributed by atoms with Gasteiger partial charge in [0.05, 0.1) is 17.9 Å². The number of carbonyl (C=O) groups excluding carboxylic acids is 1. The van der Waals surface area contributed by atoms with Crippen LogP contribution in [0.2, 0.25) is 0 Å². The average molecular weight is 259 g/mol. The summed E-state index contributed by atoms with van der Waals surface area (Å²) in [5, 5.41) is 4.18. The minimum absolute atomic E-state index is 0.126. The molecule has 2 rings (SSSR count). The van der Waals surface area contributed by atoms with E-state index in [0.717, 1.165) is 5.69 Å². The van der Waals surface area contributed by atoms with Gasteiger partial charge in [-0.25, -0.2) is 4.68 Å². The summed E-state index contributed by atoms with van der Waals surface area (Å²) < 4.78 is 6.55. The van der Waals surface area contributed by atoms with Gasteiger partial charge in [-0.3, -0.25) is 4.79 Å². The highest BCUT2D eigenvalue weighted by molar-refractivity contribution is 5.98. The van der Waals surface area contributed by atoms with Gasteiger partial charge in [-0.05, 0) is 24.6 Å². The first-order valence-corrected chi connectivity index (χ1v) is 6.12. The molecule has 0 spiro atoms. The normalized spacial score (nSPS) is 12.3. The summed E-state index contributed by atoms with van der Waals surface area (Å²) in [5.41, 5.74) is 7.21. The molecule has 1 aromatic heterocycles. The van der Waals surface area contributed by atoms with Crippen molar-refractivity contribution in [1.82, 2.24) is 9.78 Å². The SMILES string of the molecule is COCCC(N)C(=O)c1ccnn1-c1ccccc1. The van der Waals surface area contributed by atoms with Crippen LogP contribution < -0.4 is 5.73 Å². The zero-order valence-electron chi connectivity index (χ0n) is 10.8. The molecule has 0 saturated carbocycles. The third-order valence-electron chi connectivity index (χ3n) is 2.87. The Kier molecular flexibility index (Phi) is 4.43. The maximum absolute atomic E-state index is 12.3. The van der Waals surface area contributed by atoms with Crippen molar-refractivity contribution < 1.29 is 9.53 Å². The molecule has 1 atom stereocenters. The molecule has 19 heavy (non-hydrogen) atoms. The number of hydrogen-bond donors (Lipinski definition) is 1. The Labute approximate surface area is 112 Å². The van der Waals surface area contributed by atoms with Crippen LogP contribution in [0.25, 0.3) is 5.69 Å². The number of hydrogen-bond acceptors (Lipinski definition) is 4. The number of Topliss-reactive ketones (excluding diaryl/α,β-unsaturated/α-hetero) is 1. The average Bonchev–Trinajstić information content (AvgIpc) is 2.94. The molecule has 100 valence electrons. The molecular formula is C14H17N3O2. The minimum Gasteiger partial charge on any atom is -0.385 e. The van der Waals surface area contributed by atoms with Gasteiger partial charge in [-0.15, -0.1) is 0 Å². The maximum atomic E-state index is 12.3. The monoisotopic (exact) mass is 259 g/mol. The molecule has 5 nitrogen and oxygen atoms in total. The summed E-state index contributed by atoms with van der Waals surface area (Å²) in [6, 6.07) is 10.6. The molecule has 0 aliphatic carbocycles. The third-order valence-corrected chi connectivity index (χ3v) is 2.87. The molecular weight excluding hydrogens is 242 g/mol. The first kappa shape index (κ1) is 13.5. The number of carbonyl (C=O) groups is 1. The molecule has 0 aliphatic heterocycles. The molecule has 0 fully saturated rings. The van der Waals surface area contributed by atoms with Crippen LogP contribution in [-0.2, 0) is 4.74 Å². The second-order valence-electron chi connectivity index (χ2n) is 4.22. The molecule has 0 radical (unpaired) electrons. The van der Waals surface area contributed by atoms with E-state index in [1.165, 1.54) is 0 Å². The number of ketones is 1. The van der Waals surface area contributed by atoms with Crippen molar-refractivity contribution in [2.45, 2.75) is 12.5 Å². The van der Waals surface area contributed by atoms with E-state index in [9.17, 15) is 4.79 Å². The van der Waals surface area contributed by atoms with Crippen molar-refractivity contribution >= 4 is 5.78 Å². The predicted molar refractivity (Wildman–Crippen MR) is 72.4 cm³/mol. The smallest absolute Gasteiger partial charge is 0.198 e. The molecule has 0 saturated heterocycles. The lowest BCUT2D eigenvalue weighted by molar-refractivity contribution is 0.0927. The van der Waals surface area contributed by atoms with Crippen molar-refractivity contribution in [3.63, 3.8) is 0 Å². The number of benzene rings is 1. The summed E-state index contributed by atoms with van der Waals surface area (Å²) in [6.45, 7) is 0.465. The number of para-hydroxylation sites is 1. The zero-order chi connectivity index (χ0) is 13.7. The van der Waals surface area contributed by atoms with E-state index in [1.807, 2.05) is 30.3 Å². The lowest BCUT2D eigenvalue weighted by Crippen LogP contribution is -2.33. The molecule has 2 N–H and O–H groups in total. The molecule has 0 amide bonds. The van der Waals surface area contributed by atoms with E-state index in [4.69, 9.17) is 10.5 Å². The fourth-order valence-electron chi connectivity index (χ4n) is 1.83. The van der Waals surface area contributed by atoms with Gasteiger partial charge in [0.1, 0.15) is 5.69 Å². The fourth-order valence-corrected chi connectivity index (χ4v) is 1.83. The van der Waals surface area contributed by atoms with Crippen molar-refractivity contribution in [2.24, 2.45) is 5.73 Å². The highest BCUT2D eigenvalue weighted by Crippen LogP contribution is 2.12. The zero-order valence-corrected chi connectivity index (χ0v) is 10.8. The van der Waals surface area contributed by atoms with Crippen molar-refractivity contribution in [3.8, 4) is 5.69 Å². The molecule has 0 bridgehead atoms. The largest absolute Gasteiger partial charge is 0.385 e. The third kappa shape index (κ3) is 3.07. The number of rotatable bonds is 6. The van der Waals surface area contributed by atoms with E-state index < -0.39 is 6.04 Å². The van der Waals surface area contributed by atoms with Gasteiger partial charge in [-0.1, -0.05) is 18.2 Å².